The molecule has 0 amide bonds. The van der Waals surface area contributed by atoms with E-state index in [1.54, 1.807) is 42.5 Å². The Morgan fingerprint density at radius 3 is 2.07 bits per heavy atom. The Balaban J connectivity index is 2.05. The van der Waals surface area contributed by atoms with Crippen LogP contribution in [0.3, 0.4) is 0 Å². The molecule has 3 aromatic carbocycles. The number of benzene rings is 3. The summed E-state index contributed by atoms with van der Waals surface area (Å²) < 4.78 is 28.2. The minimum Gasteiger partial charge on any atom is -0.478 e. The molecule has 0 saturated carbocycles. The lowest BCUT2D eigenvalue weighted by atomic mass is 10.1. The summed E-state index contributed by atoms with van der Waals surface area (Å²) in [6, 6.07) is 19.8. The summed E-state index contributed by atoms with van der Waals surface area (Å²) in [5.41, 5.74) is 1.33. The molecule has 1 atom stereocenters. The van der Waals surface area contributed by atoms with Crippen LogP contribution in [-0.4, -0.2) is 35.5 Å². The van der Waals surface area contributed by atoms with Gasteiger partial charge in [0, 0.05) is 11.6 Å². The van der Waals surface area contributed by atoms with Gasteiger partial charge in [-0.1, -0.05) is 54.1 Å². The topological polar surface area (TPSA) is 94.9 Å². The van der Waals surface area contributed by atoms with Crippen molar-refractivity contribution in [2.45, 2.75) is 17.5 Å². The predicted molar refractivity (Wildman–Crippen MR) is 114 cm³/mol. The third kappa shape index (κ3) is 4.88. The van der Waals surface area contributed by atoms with Crippen LogP contribution in [0.25, 0.3) is 0 Å². The van der Waals surface area contributed by atoms with Gasteiger partial charge in [0.15, 0.2) is 0 Å². The molecule has 0 bridgehead atoms. The number of aromatic carboxylic acids is 1. The second-order valence-electron chi connectivity index (χ2n) is 6.62. The van der Waals surface area contributed by atoms with Crippen molar-refractivity contribution in [2.75, 3.05) is 6.61 Å². The van der Waals surface area contributed by atoms with Crippen molar-refractivity contribution in [1.82, 2.24) is 4.31 Å². The molecule has 0 aromatic heterocycles. The summed E-state index contributed by atoms with van der Waals surface area (Å²) in [7, 11) is -4.00. The summed E-state index contributed by atoms with van der Waals surface area (Å²) in [5, 5.41) is 19.6. The Hall–Kier alpha value is -2.71. The quantitative estimate of drug-likeness (QED) is 0.547. The van der Waals surface area contributed by atoms with E-state index in [0.717, 1.165) is 0 Å². The molecule has 0 unspecified atom stereocenters. The Kier molecular flexibility index (Phi) is 6.89. The first-order valence-corrected chi connectivity index (χ1v) is 10.9. The van der Waals surface area contributed by atoms with Crippen molar-refractivity contribution >= 4 is 27.6 Å². The van der Waals surface area contributed by atoms with Gasteiger partial charge in [-0.25, -0.2) is 13.2 Å². The molecule has 156 valence electrons. The summed E-state index contributed by atoms with van der Waals surface area (Å²) in [4.78, 5) is 11.1. The lowest BCUT2D eigenvalue weighted by Gasteiger charge is -2.30. The molecule has 6 nitrogen and oxygen atoms in total. The first kappa shape index (κ1) is 22.0. The third-order valence-corrected chi connectivity index (χ3v) is 6.79. The van der Waals surface area contributed by atoms with Gasteiger partial charge in [-0.3, -0.25) is 0 Å². The molecule has 30 heavy (non-hydrogen) atoms. The Labute approximate surface area is 180 Å². The van der Waals surface area contributed by atoms with E-state index in [9.17, 15) is 18.3 Å². The minimum atomic E-state index is -4.00. The van der Waals surface area contributed by atoms with Crippen LogP contribution in [-0.2, 0) is 16.6 Å². The van der Waals surface area contributed by atoms with Gasteiger partial charge in [0.05, 0.1) is 23.1 Å². The molecule has 3 rings (SSSR count). The number of carboxylic acid groups (broad SMARTS) is 1. The van der Waals surface area contributed by atoms with Crippen molar-refractivity contribution < 1.29 is 23.4 Å². The van der Waals surface area contributed by atoms with E-state index >= 15 is 0 Å². The number of carboxylic acids is 1. The smallest absolute Gasteiger partial charge is 0.335 e. The Bertz CT molecular complexity index is 1100. The normalized spacial score (nSPS) is 12.6. The van der Waals surface area contributed by atoms with Crippen molar-refractivity contribution in [1.29, 1.82) is 0 Å². The van der Waals surface area contributed by atoms with Crippen LogP contribution in [0.5, 0.6) is 0 Å². The second-order valence-corrected chi connectivity index (χ2v) is 8.94. The van der Waals surface area contributed by atoms with Crippen LogP contribution in [0.15, 0.2) is 83.8 Å². The summed E-state index contributed by atoms with van der Waals surface area (Å²) in [6.45, 7) is -0.477. The zero-order valence-corrected chi connectivity index (χ0v) is 17.4. The van der Waals surface area contributed by atoms with Crippen molar-refractivity contribution in [3.63, 3.8) is 0 Å². The highest BCUT2D eigenvalue weighted by Gasteiger charge is 2.32. The van der Waals surface area contributed by atoms with Gasteiger partial charge < -0.3 is 10.2 Å². The molecule has 0 radical (unpaired) electrons. The molecule has 0 aliphatic carbocycles. The molecule has 0 heterocycles. The maximum Gasteiger partial charge on any atom is 0.335 e. The third-order valence-electron chi connectivity index (χ3n) is 4.66. The minimum absolute atomic E-state index is 0.0448. The van der Waals surface area contributed by atoms with Gasteiger partial charge in [-0.05, 0) is 47.5 Å². The van der Waals surface area contributed by atoms with Crippen LogP contribution < -0.4 is 0 Å². The number of halogens is 1. The molecule has 2 N–H and O–H groups in total. The van der Waals surface area contributed by atoms with Crippen LogP contribution in [0.4, 0.5) is 0 Å². The van der Waals surface area contributed by atoms with Gasteiger partial charge in [-0.2, -0.15) is 4.31 Å². The van der Waals surface area contributed by atoms with Crippen LogP contribution >= 0.6 is 11.6 Å². The van der Waals surface area contributed by atoms with E-state index in [4.69, 9.17) is 16.7 Å². The SMILES string of the molecule is O=C(O)c1ccc(CN([C@@H](CO)c2ccccc2)S(=O)(=O)c2ccc(Cl)cc2)cc1. The average Bonchev–Trinajstić information content (AvgIpc) is 2.75. The highest BCUT2D eigenvalue weighted by Crippen LogP contribution is 2.30. The number of hydrogen-bond acceptors (Lipinski definition) is 4. The second kappa shape index (κ2) is 9.40. The fourth-order valence-corrected chi connectivity index (χ4v) is 4.79. The monoisotopic (exact) mass is 445 g/mol. The maximum absolute atomic E-state index is 13.5. The summed E-state index contributed by atoms with van der Waals surface area (Å²) in [6.07, 6.45) is 0. The number of aliphatic hydroxyl groups is 1. The number of nitrogens with zero attached hydrogens (tertiary/aromatic N) is 1. The largest absolute Gasteiger partial charge is 0.478 e. The van der Waals surface area contributed by atoms with E-state index < -0.39 is 28.6 Å². The van der Waals surface area contributed by atoms with Crippen LogP contribution in [0.2, 0.25) is 5.02 Å². The predicted octanol–water partition coefficient (Wildman–Crippen LogP) is 3.96. The summed E-state index contributed by atoms with van der Waals surface area (Å²) in [5.74, 6) is -1.07. The average molecular weight is 446 g/mol. The fourth-order valence-electron chi connectivity index (χ4n) is 3.08. The van der Waals surface area contributed by atoms with Crippen molar-refractivity contribution in [3.8, 4) is 0 Å². The molecule has 0 aliphatic rings. The molecule has 8 heteroatoms. The Morgan fingerprint density at radius 2 is 1.53 bits per heavy atom. The number of sulfonamides is 1. The number of rotatable bonds is 8. The lowest BCUT2D eigenvalue weighted by molar-refractivity contribution is 0.0697. The molecule has 0 spiro atoms. The molecule has 0 saturated heterocycles. The van der Waals surface area contributed by atoms with Crippen LogP contribution in [0.1, 0.15) is 27.5 Å². The van der Waals surface area contributed by atoms with E-state index in [-0.39, 0.29) is 17.0 Å². The first-order chi connectivity index (χ1) is 14.3. The van der Waals surface area contributed by atoms with E-state index in [2.05, 4.69) is 0 Å². The van der Waals surface area contributed by atoms with Gasteiger partial charge in [0.1, 0.15) is 0 Å². The molecule has 3 aromatic rings. The lowest BCUT2D eigenvalue weighted by Crippen LogP contribution is -2.36. The van der Waals surface area contributed by atoms with Gasteiger partial charge in [0.2, 0.25) is 10.0 Å². The molecule has 0 aliphatic heterocycles. The van der Waals surface area contributed by atoms with E-state index in [1.807, 2.05) is 0 Å². The number of aliphatic hydroxyl groups excluding tert-OH is 1. The number of carbonyl (C=O) groups is 1. The molecular formula is C22H20ClNO5S. The van der Waals surface area contributed by atoms with Crippen molar-refractivity contribution in [3.05, 3.63) is 101 Å². The maximum atomic E-state index is 13.5. The van der Waals surface area contributed by atoms with Gasteiger partial charge >= 0.3 is 5.97 Å². The van der Waals surface area contributed by atoms with Crippen molar-refractivity contribution in [2.24, 2.45) is 0 Å². The van der Waals surface area contributed by atoms with Gasteiger partial charge in [-0.15, -0.1) is 0 Å². The summed E-state index contributed by atoms with van der Waals surface area (Å²) >= 11 is 5.90. The Morgan fingerprint density at radius 1 is 0.933 bits per heavy atom. The highest BCUT2D eigenvalue weighted by molar-refractivity contribution is 7.89. The fraction of sp³-hybridized carbons (Fsp3) is 0.136. The van der Waals surface area contributed by atoms with Gasteiger partial charge in [0.25, 0.3) is 0 Å². The zero-order valence-electron chi connectivity index (χ0n) is 15.8. The number of hydrogen-bond donors (Lipinski definition) is 2. The highest BCUT2D eigenvalue weighted by atomic mass is 35.5. The van der Waals surface area contributed by atoms with Crippen LogP contribution in [0, 0.1) is 0 Å². The zero-order chi connectivity index (χ0) is 21.7. The molecule has 0 fully saturated rings. The molecular weight excluding hydrogens is 426 g/mol. The standard InChI is InChI=1S/C22H20ClNO5S/c23-19-10-12-20(13-11-19)30(28,29)24(21(15-25)17-4-2-1-3-5-17)14-16-6-8-18(9-7-16)22(26)27/h1-13,21,25H,14-15H2,(H,26,27)/t21-/m0/s1. The van der Waals surface area contributed by atoms with E-state index in [0.29, 0.717) is 16.1 Å². The first-order valence-electron chi connectivity index (χ1n) is 9.08. The van der Waals surface area contributed by atoms with E-state index in [1.165, 1.54) is 40.7 Å².